The maximum Gasteiger partial charge on any atom is 0.335 e. The lowest BCUT2D eigenvalue weighted by Crippen LogP contribution is -2.62. The number of hydrogen-bond acceptors (Lipinski definition) is 13. The molecular weight excluding hydrogens is 1080 g/mol. The molecule has 23 atom stereocenters. The SMILES string of the molecule is CO.C[C@]12CCC(=O)C[C@H]1CC[C@@H]1[C@@H]2CC[C@]2(C)[C@@H](c3ccc(=O)oc3)CC[C@]12O.C[C@]12CC[C@@H](N)C[C@H]1CC[C@@H]1[C@@H]2CC[C@]2(C)[C@@H](c3ccc(=O)oc3)CC[C@]12O.C[C@]12CC[C@H](N)C[C@H]1CC[C@@H]1[C@@H]2CC[C@]2(C)[C@@H](c3ccc(=O)oc3)CC[C@]12O. The van der Waals surface area contributed by atoms with Crippen molar-refractivity contribution in [3.63, 3.8) is 0 Å². The predicted molar refractivity (Wildman–Crippen MR) is 332 cm³/mol. The van der Waals surface area contributed by atoms with E-state index in [1.54, 1.807) is 18.8 Å². The number of aliphatic hydroxyl groups excluding tert-OH is 1. The summed E-state index contributed by atoms with van der Waals surface area (Å²) in [5.74, 6) is 6.03. The van der Waals surface area contributed by atoms with Crippen LogP contribution in [0, 0.1) is 85.8 Å². The van der Waals surface area contributed by atoms with Crippen LogP contribution < -0.4 is 28.3 Å². The van der Waals surface area contributed by atoms with Gasteiger partial charge in [-0.15, -0.1) is 0 Å². The summed E-state index contributed by atoms with van der Waals surface area (Å²) in [6, 6.07) is 11.0. The van der Waals surface area contributed by atoms with Crippen LogP contribution in [-0.2, 0) is 4.79 Å². The van der Waals surface area contributed by atoms with E-state index in [4.69, 9.17) is 29.8 Å². The molecule has 474 valence electrons. The zero-order valence-electron chi connectivity index (χ0n) is 53.2. The molecule has 3 heterocycles. The van der Waals surface area contributed by atoms with Gasteiger partial charge in [0.1, 0.15) is 5.78 Å². The Morgan fingerprint density at radius 1 is 0.384 bits per heavy atom. The van der Waals surface area contributed by atoms with E-state index in [-0.39, 0.29) is 56.3 Å². The summed E-state index contributed by atoms with van der Waals surface area (Å²) in [6.07, 6.45) is 33.4. The topological polar surface area (TPSA) is 241 Å². The Balaban J connectivity index is 0.000000124. The molecule has 86 heavy (non-hydrogen) atoms. The Labute approximate surface area is 511 Å². The van der Waals surface area contributed by atoms with Gasteiger partial charge in [-0.2, -0.15) is 0 Å². The van der Waals surface area contributed by atoms with Gasteiger partial charge in [-0.1, -0.05) is 41.5 Å². The Kier molecular flexibility index (Phi) is 16.4. The minimum atomic E-state index is -0.661. The summed E-state index contributed by atoms with van der Waals surface area (Å²) in [4.78, 5) is 46.3. The molecule has 0 aromatic carbocycles. The van der Waals surface area contributed by atoms with E-state index in [1.807, 2.05) is 18.2 Å². The lowest BCUT2D eigenvalue weighted by atomic mass is 9.43. The van der Waals surface area contributed by atoms with Gasteiger partial charge >= 0.3 is 16.9 Å². The number of Topliss-reactive ketones (excluding diaryl/α,β-unsaturated/α-hetero) is 1. The Hall–Kier alpha value is -3.72. The molecule has 8 N–H and O–H groups in total. The van der Waals surface area contributed by atoms with E-state index in [2.05, 4.69) is 41.5 Å². The molecule has 15 rings (SSSR count). The maximum absolute atomic E-state index is 12.2. The fourth-order valence-corrected chi connectivity index (χ4v) is 24.8. The van der Waals surface area contributed by atoms with Gasteiger partial charge in [0.05, 0.1) is 35.6 Å². The van der Waals surface area contributed by atoms with Crippen LogP contribution in [0.15, 0.2) is 82.8 Å². The first-order valence-electron chi connectivity index (χ1n) is 34.2. The fraction of sp³-hybridized carbons (Fsp3) is 0.781. The van der Waals surface area contributed by atoms with Crippen LogP contribution in [-0.4, -0.2) is 62.2 Å². The highest BCUT2D eigenvalue weighted by atomic mass is 16.4. The van der Waals surface area contributed by atoms with Gasteiger partial charge in [-0.05, 0) is 283 Å². The minimum absolute atomic E-state index is 0.137. The van der Waals surface area contributed by atoms with E-state index >= 15 is 0 Å². The van der Waals surface area contributed by atoms with Gasteiger partial charge in [0.15, 0.2) is 0 Å². The van der Waals surface area contributed by atoms with Crippen LogP contribution in [0.2, 0.25) is 0 Å². The number of fused-ring (bicyclic) bond motifs is 15. The smallest absolute Gasteiger partial charge is 0.335 e. The summed E-state index contributed by atoms with van der Waals surface area (Å²) in [6.45, 7) is 14.3. The average Bonchev–Trinajstić information content (AvgIpc) is 1.60. The van der Waals surface area contributed by atoms with Crippen LogP contribution in [0.5, 0.6) is 0 Å². The highest BCUT2D eigenvalue weighted by Gasteiger charge is 2.71. The maximum atomic E-state index is 12.2. The molecule has 0 bridgehead atoms. The highest BCUT2D eigenvalue weighted by Crippen LogP contribution is 2.74. The number of rotatable bonds is 3. The Morgan fingerprint density at radius 2 is 0.709 bits per heavy atom. The zero-order valence-corrected chi connectivity index (χ0v) is 53.2. The van der Waals surface area contributed by atoms with Gasteiger partial charge < -0.3 is 45.1 Å². The van der Waals surface area contributed by atoms with Gasteiger partial charge in [0.25, 0.3) is 0 Å². The Bertz CT molecular complexity index is 2960. The number of hydrogen-bond donors (Lipinski definition) is 6. The first kappa shape index (κ1) is 62.5. The summed E-state index contributed by atoms with van der Waals surface area (Å²) in [7, 11) is 1.00. The van der Waals surface area contributed by atoms with Gasteiger partial charge in [0.2, 0.25) is 0 Å². The summed E-state index contributed by atoms with van der Waals surface area (Å²) in [5, 5.41) is 43.5. The predicted octanol–water partition coefficient (Wildman–Crippen LogP) is 12.5. The van der Waals surface area contributed by atoms with Crippen molar-refractivity contribution in [2.75, 3.05) is 7.11 Å². The lowest BCUT2D eigenvalue weighted by Gasteiger charge is -2.63. The molecule has 0 unspecified atom stereocenters. The van der Waals surface area contributed by atoms with Crippen LogP contribution in [0.3, 0.4) is 0 Å². The van der Waals surface area contributed by atoms with E-state index in [9.17, 15) is 34.5 Å². The lowest BCUT2D eigenvalue weighted by molar-refractivity contribution is -0.201. The molecule has 0 saturated heterocycles. The van der Waals surface area contributed by atoms with Crippen molar-refractivity contribution < 1.29 is 38.5 Å². The summed E-state index contributed by atoms with van der Waals surface area (Å²) >= 11 is 0. The average molecular weight is 1190 g/mol. The number of carbonyl (C=O) groups excluding carboxylic acids is 1. The number of nitrogens with two attached hydrogens (primary N) is 2. The third-order valence-corrected chi connectivity index (χ3v) is 29.8. The molecule has 12 saturated carbocycles. The van der Waals surface area contributed by atoms with E-state index in [1.165, 1.54) is 69.6 Å². The molecule has 0 radical (unpaired) electrons. The molecule has 13 heteroatoms. The molecule has 0 spiro atoms. The van der Waals surface area contributed by atoms with Crippen molar-refractivity contribution in [2.24, 2.45) is 97.2 Å². The van der Waals surface area contributed by atoms with E-state index in [0.29, 0.717) is 70.1 Å². The van der Waals surface area contributed by atoms with Crippen molar-refractivity contribution in [3.05, 3.63) is 103 Å². The molecule has 12 aliphatic carbocycles. The van der Waals surface area contributed by atoms with Crippen molar-refractivity contribution >= 4 is 5.78 Å². The summed E-state index contributed by atoms with van der Waals surface area (Å²) < 4.78 is 15.5. The molecule has 0 aliphatic heterocycles. The molecule has 12 aliphatic rings. The quantitative estimate of drug-likeness (QED) is 0.143. The molecule has 3 aromatic rings. The largest absolute Gasteiger partial charge is 0.431 e. The number of carbonyl (C=O) groups is 1. The standard InChI is InChI=1S/2C24H35NO3.C24H32O4.CH4O/c3*1-22-10-7-17(25)13-16(22)4-5-20-19(22)8-11-23(2)18(9-12-24(20,23)27)15-3-6-21(26)28-14-15;1-2/h2*3,6,14,16-20,27H,4-5,7-13,25H2,1-2H3;3,6,14,16,18-20,27H,4-5,7-13H2,1-2H3;2H,1H3/t16-,17+,18-,19+,20-,22+,23-,24+;16-,17-,18-,19+,20-,22+,23-,24+;16-,18-,19+,20-,22+,23-,24+;/m111./s1. The Morgan fingerprint density at radius 3 is 1.03 bits per heavy atom. The van der Waals surface area contributed by atoms with Crippen LogP contribution in [0.4, 0.5) is 0 Å². The van der Waals surface area contributed by atoms with Crippen molar-refractivity contribution in [3.8, 4) is 0 Å². The van der Waals surface area contributed by atoms with Gasteiger partial charge in [-0.25, -0.2) is 14.4 Å². The second-order valence-electron chi connectivity index (χ2n) is 32.4. The third kappa shape index (κ3) is 9.52. The van der Waals surface area contributed by atoms with Crippen LogP contribution in [0.1, 0.15) is 249 Å². The molecule has 12 fully saturated rings. The minimum Gasteiger partial charge on any atom is -0.431 e. The monoisotopic (exact) mass is 1190 g/mol. The summed E-state index contributed by atoms with van der Waals surface area (Å²) in [5.41, 5.74) is 13.5. The first-order valence-corrected chi connectivity index (χ1v) is 34.2. The zero-order chi connectivity index (χ0) is 61.2. The number of aliphatic hydroxyl groups is 4. The number of ketones is 1. The van der Waals surface area contributed by atoms with E-state index < -0.39 is 16.8 Å². The van der Waals surface area contributed by atoms with Crippen molar-refractivity contribution in [1.82, 2.24) is 0 Å². The normalized spacial score (nSPS) is 48.5. The second kappa shape index (κ2) is 22.6. The van der Waals surface area contributed by atoms with E-state index in [0.717, 1.165) is 158 Å². The van der Waals surface area contributed by atoms with Crippen molar-refractivity contribution in [2.45, 2.75) is 262 Å². The first-order chi connectivity index (χ1) is 40.8. The highest BCUT2D eigenvalue weighted by molar-refractivity contribution is 5.79. The van der Waals surface area contributed by atoms with Crippen LogP contribution >= 0.6 is 0 Å². The van der Waals surface area contributed by atoms with Gasteiger partial charge in [0, 0.05) is 66.5 Å². The van der Waals surface area contributed by atoms with Crippen LogP contribution in [0.25, 0.3) is 0 Å². The molecular formula is C73H106N2O11. The molecule has 3 aromatic heterocycles. The fourth-order valence-electron chi connectivity index (χ4n) is 24.8. The second-order valence-corrected chi connectivity index (χ2v) is 32.4. The molecule has 0 amide bonds. The van der Waals surface area contributed by atoms with Gasteiger partial charge in [-0.3, -0.25) is 4.79 Å². The third-order valence-electron chi connectivity index (χ3n) is 29.8. The molecule has 13 nitrogen and oxygen atoms in total. The van der Waals surface area contributed by atoms with Crippen molar-refractivity contribution in [1.29, 1.82) is 0 Å².